The molecule has 0 spiro atoms. The van der Waals surface area contributed by atoms with Gasteiger partial charge in [-0.1, -0.05) is 19.1 Å². The van der Waals surface area contributed by atoms with Crippen molar-refractivity contribution in [2.24, 2.45) is 0 Å². The van der Waals surface area contributed by atoms with Gasteiger partial charge in [0.25, 0.3) is 0 Å². The summed E-state index contributed by atoms with van der Waals surface area (Å²) in [5.41, 5.74) is 0. The Morgan fingerprint density at radius 1 is 1.10 bits per heavy atom. The fourth-order valence-corrected chi connectivity index (χ4v) is 1.72. The van der Waals surface area contributed by atoms with Crippen molar-refractivity contribution in [2.45, 2.75) is 26.8 Å². The van der Waals surface area contributed by atoms with Crippen LogP contribution in [0, 0.1) is 0 Å². The van der Waals surface area contributed by atoms with E-state index in [4.69, 9.17) is 14.2 Å². The lowest BCUT2D eigenvalue weighted by atomic mass is 10.3. The first-order valence-corrected chi connectivity index (χ1v) is 6.97. The lowest BCUT2D eigenvalue weighted by Crippen LogP contribution is -2.42. The quantitative estimate of drug-likeness (QED) is 0.702. The standard InChI is InChI=1S/C15H23NO4/c1-4-16-12(15(17)19-6-3)11-20-14-10-8-7-9-13(14)18-5-2/h7-10,12,16H,4-6,11H2,1-3H3. The van der Waals surface area contributed by atoms with Crippen LogP contribution < -0.4 is 14.8 Å². The number of esters is 1. The van der Waals surface area contributed by atoms with Crippen LogP contribution in [0.1, 0.15) is 20.8 Å². The second kappa shape index (κ2) is 9.20. The van der Waals surface area contributed by atoms with Crippen molar-refractivity contribution in [3.63, 3.8) is 0 Å². The summed E-state index contributed by atoms with van der Waals surface area (Å²) in [7, 11) is 0. The predicted octanol–water partition coefficient (Wildman–Crippen LogP) is 2.01. The molecule has 1 aromatic rings. The Morgan fingerprint density at radius 3 is 2.30 bits per heavy atom. The van der Waals surface area contributed by atoms with Crippen LogP contribution in [0.4, 0.5) is 0 Å². The monoisotopic (exact) mass is 281 g/mol. The minimum Gasteiger partial charge on any atom is -0.490 e. The van der Waals surface area contributed by atoms with Gasteiger partial charge in [0.2, 0.25) is 0 Å². The van der Waals surface area contributed by atoms with Crippen LogP contribution in [-0.2, 0) is 9.53 Å². The fourth-order valence-electron chi connectivity index (χ4n) is 1.72. The molecule has 0 aliphatic heterocycles. The maximum absolute atomic E-state index is 11.8. The van der Waals surface area contributed by atoms with Gasteiger partial charge in [-0.15, -0.1) is 0 Å². The Balaban J connectivity index is 2.64. The number of para-hydroxylation sites is 2. The normalized spacial score (nSPS) is 11.8. The zero-order valence-electron chi connectivity index (χ0n) is 12.3. The third kappa shape index (κ3) is 5.09. The lowest BCUT2D eigenvalue weighted by Gasteiger charge is -2.18. The first-order valence-electron chi connectivity index (χ1n) is 6.97. The first-order chi connectivity index (χ1) is 9.72. The van der Waals surface area contributed by atoms with Gasteiger partial charge in [0.1, 0.15) is 12.6 Å². The van der Waals surface area contributed by atoms with Crippen molar-refractivity contribution < 1.29 is 19.0 Å². The third-order valence-corrected chi connectivity index (χ3v) is 2.58. The van der Waals surface area contributed by atoms with E-state index in [2.05, 4.69) is 5.32 Å². The number of ether oxygens (including phenoxy) is 3. The van der Waals surface area contributed by atoms with Crippen molar-refractivity contribution in [2.75, 3.05) is 26.4 Å². The van der Waals surface area contributed by atoms with E-state index in [0.717, 1.165) is 0 Å². The van der Waals surface area contributed by atoms with Gasteiger partial charge in [-0.3, -0.25) is 4.79 Å². The molecule has 0 heterocycles. The molecule has 1 N–H and O–H groups in total. The van der Waals surface area contributed by atoms with Gasteiger partial charge in [-0.2, -0.15) is 0 Å². The molecule has 1 rings (SSSR count). The summed E-state index contributed by atoms with van der Waals surface area (Å²) in [6.45, 7) is 7.42. The molecule has 1 atom stereocenters. The molecule has 5 nitrogen and oxygen atoms in total. The van der Waals surface area contributed by atoms with Gasteiger partial charge in [0, 0.05) is 0 Å². The van der Waals surface area contributed by atoms with Crippen LogP contribution in [0.25, 0.3) is 0 Å². The Bertz CT molecular complexity index is 409. The Morgan fingerprint density at radius 2 is 1.75 bits per heavy atom. The first kappa shape index (κ1) is 16.3. The predicted molar refractivity (Wildman–Crippen MR) is 77.2 cm³/mol. The van der Waals surface area contributed by atoms with E-state index >= 15 is 0 Å². The topological polar surface area (TPSA) is 56.8 Å². The zero-order chi connectivity index (χ0) is 14.8. The summed E-state index contributed by atoms with van der Waals surface area (Å²) in [5.74, 6) is 0.999. The summed E-state index contributed by atoms with van der Waals surface area (Å²) in [5, 5.41) is 3.05. The summed E-state index contributed by atoms with van der Waals surface area (Å²) in [6, 6.07) is 6.93. The average Bonchev–Trinajstić information content (AvgIpc) is 2.45. The number of benzene rings is 1. The molecule has 0 saturated heterocycles. The maximum Gasteiger partial charge on any atom is 0.326 e. The molecule has 0 bridgehead atoms. The lowest BCUT2D eigenvalue weighted by molar-refractivity contribution is -0.146. The Labute approximate surface area is 120 Å². The van der Waals surface area contributed by atoms with Crippen LogP contribution in [0.5, 0.6) is 11.5 Å². The number of hydrogen-bond acceptors (Lipinski definition) is 5. The van der Waals surface area contributed by atoms with E-state index < -0.39 is 6.04 Å². The molecule has 1 aromatic carbocycles. The van der Waals surface area contributed by atoms with Crippen molar-refractivity contribution in [1.29, 1.82) is 0 Å². The molecule has 20 heavy (non-hydrogen) atoms. The van der Waals surface area contributed by atoms with Crippen molar-refractivity contribution in [1.82, 2.24) is 5.32 Å². The molecule has 0 amide bonds. The van der Waals surface area contributed by atoms with E-state index in [0.29, 0.717) is 31.3 Å². The number of nitrogens with one attached hydrogen (secondary N) is 1. The highest BCUT2D eigenvalue weighted by Crippen LogP contribution is 2.26. The van der Waals surface area contributed by atoms with E-state index in [-0.39, 0.29) is 12.6 Å². The van der Waals surface area contributed by atoms with Gasteiger partial charge in [0.05, 0.1) is 13.2 Å². The number of carbonyl (C=O) groups is 1. The summed E-state index contributed by atoms with van der Waals surface area (Å²) < 4.78 is 16.2. The van der Waals surface area contributed by atoms with Crippen molar-refractivity contribution >= 4 is 5.97 Å². The van der Waals surface area contributed by atoms with E-state index in [9.17, 15) is 4.79 Å². The highest BCUT2D eigenvalue weighted by Gasteiger charge is 2.20. The highest BCUT2D eigenvalue weighted by atomic mass is 16.5. The Hall–Kier alpha value is -1.75. The molecule has 0 saturated carbocycles. The summed E-state index contributed by atoms with van der Waals surface area (Å²) in [6.07, 6.45) is 0. The molecule has 0 aliphatic carbocycles. The molecule has 0 fully saturated rings. The molecule has 1 unspecified atom stereocenters. The fraction of sp³-hybridized carbons (Fsp3) is 0.533. The average molecular weight is 281 g/mol. The largest absolute Gasteiger partial charge is 0.490 e. The molecule has 0 radical (unpaired) electrons. The number of hydrogen-bond donors (Lipinski definition) is 1. The molecule has 0 aromatic heterocycles. The smallest absolute Gasteiger partial charge is 0.326 e. The van der Waals surface area contributed by atoms with Gasteiger partial charge in [0.15, 0.2) is 11.5 Å². The van der Waals surface area contributed by atoms with Crippen molar-refractivity contribution in [3.05, 3.63) is 24.3 Å². The van der Waals surface area contributed by atoms with Gasteiger partial charge < -0.3 is 19.5 Å². The summed E-state index contributed by atoms with van der Waals surface area (Å²) in [4.78, 5) is 11.8. The van der Waals surface area contributed by atoms with Crippen LogP contribution in [0.2, 0.25) is 0 Å². The van der Waals surface area contributed by atoms with E-state index in [1.807, 2.05) is 38.1 Å². The van der Waals surface area contributed by atoms with Gasteiger partial charge in [-0.25, -0.2) is 0 Å². The van der Waals surface area contributed by atoms with Gasteiger partial charge >= 0.3 is 5.97 Å². The number of rotatable bonds is 9. The zero-order valence-corrected chi connectivity index (χ0v) is 12.3. The number of carbonyl (C=O) groups excluding carboxylic acids is 1. The van der Waals surface area contributed by atoms with Crippen LogP contribution in [0.3, 0.4) is 0 Å². The van der Waals surface area contributed by atoms with Gasteiger partial charge in [-0.05, 0) is 32.5 Å². The third-order valence-electron chi connectivity index (χ3n) is 2.58. The van der Waals surface area contributed by atoms with Crippen LogP contribution in [0.15, 0.2) is 24.3 Å². The maximum atomic E-state index is 11.8. The molecular weight excluding hydrogens is 258 g/mol. The van der Waals surface area contributed by atoms with Crippen LogP contribution in [-0.4, -0.2) is 38.4 Å². The highest BCUT2D eigenvalue weighted by molar-refractivity contribution is 5.76. The molecular formula is C15H23NO4. The second-order valence-corrected chi connectivity index (χ2v) is 4.05. The Kier molecular flexibility index (Phi) is 7.50. The number of likely N-dealkylation sites (N-methyl/N-ethyl adjacent to an activating group) is 1. The second-order valence-electron chi connectivity index (χ2n) is 4.05. The minimum absolute atomic E-state index is 0.205. The SMILES string of the molecule is CCNC(COc1ccccc1OCC)C(=O)OCC. The van der Waals surface area contributed by atoms with Crippen LogP contribution >= 0.6 is 0 Å². The molecule has 112 valence electrons. The van der Waals surface area contributed by atoms with E-state index in [1.165, 1.54) is 0 Å². The molecule has 0 aliphatic rings. The minimum atomic E-state index is -0.477. The van der Waals surface area contributed by atoms with Crippen molar-refractivity contribution in [3.8, 4) is 11.5 Å². The van der Waals surface area contributed by atoms with E-state index in [1.54, 1.807) is 6.92 Å². The summed E-state index contributed by atoms with van der Waals surface area (Å²) >= 11 is 0. The molecule has 5 heteroatoms.